The van der Waals surface area contributed by atoms with Gasteiger partial charge in [-0.15, -0.1) is 0 Å². The number of fused-ring (bicyclic) bond motifs is 3. The van der Waals surface area contributed by atoms with E-state index in [1.54, 1.807) is 26.1 Å². The molecule has 0 atom stereocenters. The minimum absolute atomic E-state index is 0.329. The van der Waals surface area contributed by atoms with Crippen LogP contribution in [0.25, 0.3) is 22.1 Å². The van der Waals surface area contributed by atoms with Crippen LogP contribution < -0.4 is 5.46 Å². The Labute approximate surface area is 140 Å². The number of halogens is 1. The van der Waals surface area contributed by atoms with Crippen molar-refractivity contribution in [2.45, 2.75) is 38.9 Å². The van der Waals surface area contributed by atoms with Crippen LogP contribution in [0.5, 0.6) is 0 Å². The highest BCUT2D eigenvalue weighted by Gasteiger charge is 2.36. The summed E-state index contributed by atoms with van der Waals surface area (Å²) in [5, 5.41) is 11.6. The van der Waals surface area contributed by atoms with Gasteiger partial charge in [-0.2, -0.15) is 0 Å². The summed E-state index contributed by atoms with van der Waals surface area (Å²) in [5.41, 5.74) is 1.34. The third-order valence-corrected chi connectivity index (χ3v) is 4.77. The maximum atomic E-state index is 10.2. The molecule has 0 aliphatic rings. The second-order valence-corrected chi connectivity index (χ2v) is 7.13. The van der Waals surface area contributed by atoms with E-state index in [1.807, 2.05) is 32.0 Å². The van der Waals surface area contributed by atoms with Crippen LogP contribution in [0.4, 0.5) is 0 Å². The summed E-state index contributed by atoms with van der Waals surface area (Å²) in [6.45, 7) is 7.20. The Hall–Kier alpha value is -1.56. The molecule has 3 aromatic rings. The zero-order valence-corrected chi connectivity index (χ0v) is 14.4. The molecule has 0 fully saturated rings. The Balaban J connectivity index is 2.07. The molecule has 2 aromatic heterocycles. The van der Waals surface area contributed by atoms with E-state index in [0.29, 0.717) is 23.7 Å². The molecule has 23 heavy (non-hydrogen) atoms. The van der Waals surface area contributed by atoms with Crippen molar-refractivity contribution in [3.05, 3.63) is 35.5 Å². The lowest BCUT2D eigenvalue weighted by molar-refractivity contribution is -0.0893. The number of hydrogen-bond donors (Lipinski definition) is 1. The maximum Gasteiger partial charge on any atom is 0.310 e. The van der Waals surface area contributed by atoms with Crippen molar-refractivity contribution in [3.8, 4) is 0 Å². The molecule has 0 spiro atoms. The minimum Gasteiger partial charge on any atom is -0.453 e. The molecule has 0 aliphatic heterocycles. The highest BCUT2D eigenvalue weighted by atomic mass is 35.5. The third-order valence-electron chi connectivity index (χ3n) is 4.48. The number of furan rings is 1. The van der Waals surface area contributed by atoms with E-state index in [2.05, 4.69) is 4.98 Å². The Morgan fingerprint density at radius 3 is 2.65 bits per heavy atom. The van der Waals surface area contributed by atoms with E-state index in [-0.39, 0.29) is 0 Å². The first kappa shape index (κ1) is 16.3. The lowest BCUT2D eigenvalue weighted by Gasteiger charge is -2.37. The molecule has 0 bridgehead atoms. The first-order valence-corrected chi connectivity index (χ1v) is 7.89. The number of hydrogen-bond acceptors (Lipinski definition) is 4. The van der Waals surface area contributed by atoms with Crippen LogP contribution in [0, 0.1) is 0 Å². The Kier molecular flexibility index (Phi) is 3.91. The molecule has 0 amide bonds. The summed E-state index contributed by atoms with van der Waals surface area (Å²) >= 11 is 6.26. The van der Waals surface area contributed by atoms with Gasteiger partial charge in [0.1, 0.15) is 5.52 Å². The van der Waals surface area contributed by atoms with Gasteiger partial charge in [0.2, 0.25) is 0 Å². The van der Waals surface area contributed by atoms with Gasteiger partial charge in [0.25, 0.3) is 0 Å². The molecule has 0 saturated heterocycles. The third kappa shape index (κ3) is 2.85. The topological polar surface area (TPSA) is 55.5 Å². The Bertz CT molecular complexity index is 867. The molecule has 0 saturated carbocycles. The second kappa shape index (κ2) is 5.51. The SMILES string of the molecule is CC(C)(O)C(C)(C)OBc1ccc(Cl)c2oc3cccnc3c12. The van der Waals surface area contributed by atoms with Gasteiger partial charge in [0.15, 0.2) is 11.2 Å². The number of rotatable bonds is 4. The molecule has 0 radical (unpaired) electrons. The smallest absolute Gasteiger partial charge is 0.310 e. The molecule has 6 heteroatoms. The van der Waals surface area contributed by atoms with Gasteiger partial charge in [-0.3, -0.25) is 4.98 Å². The molecule has 0 aliphatic carbocycles. The maximum absolute atomic E-state index is 10.2. The monoisotopic (exact) mass is 331 g/mol. The summed E-state index contributed by atoms with van der Waals surface area (Å²) in [4.78, 5) is 4.41. The van der Waals surface area contributed by atoms with Gasteiger partial charge in [-0.1, -0.05) is 17.7 Å². The lowest BCUT2D eigenvalue weighted by atomic mass is 9.81. The van der Waals surface area contributed by atoms with E-state index in [4.69, 9.17) is 20.7 Å². The predicted octanol–water partition coefficient (Wildman–Crippen LogP) is 3.18. The molecule has 0 unspecified atom stereocenters. The van der Waals surface area contributed by atoms with Crippen LogP contribution in [-0.4, -0.2) is 28.8 Å². The second-order valence-electron chi connectivity index (χ2n) is 6.72. The average Bonchev–Trinajstić information content (AvgIpc) is 2.86. The number of aliphatic hydroxyl groups is 1. The van der Waals surface area contributed by atoms with Crippen molar-refractivity contribution < 1.29 is 14.2 Å². The van der Waals surface area contributed by atoms with Crippen molar-refractivity contribution in [2.75, 3.05) is 0 Å². The number of pyridine rings is 1. The standard InChI is InChI=1S/C17H19BClNO3/c1-16(2,21)17(3,4)23-18-10-7-8-11(19)15-13(10)14-12(22-15)6-5-9-20-14/h5-9,18,21H,1-4H3. The van der Waals surface area contributed by atoms with Crippen molar-refractivity contribution in [3.63, 3.8) is 0 Å². The zero-order chi connectivity index (χ0) is 16.8. The first-order valence-electron chi connectivity index (χ1n) is 7.52. The van der Waals surface area contributed by atoms with Crippen molar-refractivity contribution in [1.29, 1.82) is 0 Å². The van der Waals surface area contributed by atoms with Crippen LogP contribution in [0.3, 0.4) is 0 Å². The minimum atomic E-state index is -0.963. The van der Waals surface area contributed by atoms with Crippen molar-refractivity contribution in [2.24, 2.45) is 0 Å². The quantitative estimate of drug-likeness (QED) is 0.746. The summed E-state index contributed by atoms with van der Waals surface area (Å²) in [7, 11) is 0.329. The summed E-state index contributed by atoms with van der Waals surface area (Å²) < 4.78 is 11.8. The molecule has 1 N–H and O–H groups in total. The van der Waals surface area contributed by atoms with Gasteiger partial charge in [0, 0.05) is 11.6 Å². The van der Waals surface area contributed by atoms with Crippen molar-refractivity contribution >= 4 is 46.6 Å². The lowest BCUT2D eigenvalue weighted by Crippen LogP contribution is -2.49. The summed E-state index contributed by atoms with van der Waals surface area (Å²) in [6, 6.07) is 7.40. The largest absolute Gasteiger partial charge is 0.453 e. The van der Waals surface area contributed by atoms with E-state index in [0.717, 1.165) is 16.4 Å². The molecule has 4 nitrogen and oxygen atoms in total. The Morgan fingerprint density at radius 1 is 1.22 bits per heavy atom. The van der Waals surface area contributed by atoms with Crippen LogP contribution in [0.15, 0.2) is 34.9 Å². The van der Waals surface area contributed by atoms with Crippen LogP contribution >= 0.6 is 11.6 Å². The van der Waals surface area contributed by atoms with Crippen LogP contribution in [-0.2, 0) is 4.65 Å². The predicted molar refractivity (Wildman–Crippen MR) is 94.8 cm³/mol. The van der Waals surface area contributed by atoms with E-state index >= 15 is 0 Å². The number of aromatic nitrogens is 1. The fraction of sp³-hybridized carbons (Fsp3) is 0.353. The molecular formula is C17H19BClNO3. The first-order chi connectivity index (χ1) is 10.7. The summed E-state index contributed by atoms with van der Waals surface area (Å²) in [6.07, 6.45) is 1.73. The fourth-order valence-corrected chi connectivity index (χ4v) is 2.48. The molecular weight excluding hydrogens is 312 g/mol. The van der Waals surface area contributed by atoms with Crippen molar-refractivity contribution in [1.82, 2.24) is 4.98 Å². The van der Waals surface area contributed by atoms with Gasteiger partial charge in [-0.05, 0) is 51.4 Å². The molecule has 3 rings (SSSR count). The van der Waals surface area contributed by atoms with E-state index in [9.17, 15) is 5.11 Å². The highest BCUT2D eigenvalue weighted by Crippen LogP contribution is 2.31. The fourth-order valence-electron chi connectivity index (χ4n) is 2.28. The number of benzene rings is 1. The average molecular weight is 332 g/mol. The highest BCUT2D eigenvalue weighted by molar-refractivity contribution is 6.53. The van der Waals surface area contributed by atoms with E-state index < -0.39 is 11.2 Å². The molecule has 2 heterocycles. The number of nitrogens with zero attached hydrogens (tertiary/aromatic N) is 1. The van der Waals surface area contributed by atoms with Crippen LogP contribution in [0.1, 0.15) is 27.7 Å². The van der Waals surface area contributed by atoms with Gasteiger partial charge >= 0.3 is 7.48 Å². The molecule has 1 aromatic carbocycles. The van der Waals surface area contributed by atoms with Crippen LogP contribution in [0.2, 0.25) is 5.02 Å². The summed E-state index contributed by atoms with van der Waals surface area (Å²) in [5.74, 6) is 0. The normalized spacial score (nSPS) is 13.0. The Morgan fingerprint density at radius 2 is 1.96 bits per heavy atom. The van der Waals surface area contributed by atoms with Gasteiger partial charge in [0.05, 0.1) is 16.2 Å². The van der Waals surface area contributed by atoms with E-state index in [1.165, 1.54) is 0 Å². The molecule has 120 valence electrons. The van der Waals surface area contributed by atoms with Gasteiger partial charge in [-0.25, -0.2) is 0 Å². The zero-order valence-electron chi connectivity index (χ0n) is 13.7. The van der Waals surface area contributed by atoms with Gasteiger partial charge < -0.3 is 14.2 Å².